The smallest absolute Gasteiger partial charge is 0.351 e. The summed E-state index contributed by atoms with van der Waals surface area (Å²) < 4.78 is 48.4. The van der Waals surface area contributed by atoms with Crippen molar-refractivity contribution in [3.63, 3.8) is 0 Å². The minimum Gasteiger partial charge on any atom is -0.467 e. The minimum atomic E-state index is -2.02. The number of ether oxygens (including phenoxy) is 8. The number of esters is 3. The summed E-state index contributed by atoms with van der Waals surface area (Å²) in [4.78, 5) is 51.2. The van der Waals surface area contributed by atoms with Gasteiger partial charge in [0.25, 0.3) is 5.69 Å². The zero-order valence-electron chi connectivity index (χ0n) is 31.5. The first kappa shape index (κ1) is 41.6. The molecule has 4 aromatic rings. The molecule has 0 radical (unpaired) electrons. The summed E-state index contributed by atoms with van der Waals surface area (Å²) in [6.07, 6.45) is -9.51. The quantitative estimate of drug-likeness (QED) is 0.0491. The SMILES string of the molecule is COC(=O)[C@H](O[C@@H]1O[C@@H](C)[C@@H](OCc2ccccc2)[C@@H](OCc2ccccc2)[C@@H]1OCc1ccccc1)[C@@H](OC(=O)c1ccc([N+](=O)[O-])cc1)C(=O)OC(C)C. The van der Waals surface area contributed by atoms with Crippen molar-refractivity contribution in [2.75, 3.05) is 7.11 Å². The number of benzene rings is 4. The van der Waals surface area contributed by atoms with E-state index in [1.54, 1.807) is 20.8 Å². The first-order valence-corrected chi connectivity index (χ1v) is 18.0. The predicted octanol–water partition coefficient (Wildman–Crippen LogP) is 6.13. The van der Waals surface area contributed by atoms with Gasteiger partial charge in [-0.3, -0.25) is 10.1 Å². The van der Waals surface area contributed by atoms with Gasteiger partial charge in [-0.15, -0.1) is 0 Å². The maximum atomic E-state index is 13.6. The van der Waals surface area contributed by atoms with Crippen LogP contribution in [0.25, 0.3) is 0 Å². The van der Waals surface area contributed by atoms with E-state index in [-0.39, 0.29) is 31.1 Å². The van der Waals surface area contributed by atoms with Crippen molar-refractivity contribution in [1.82, 2.24) is 0 Å². The second-order valence-electron chi connectivity index (χ2n) is 13.2. The Bertz CT molecular complexity index is 1860. The summed E-state index contributed by atoms with van der Waals surface area (Å²) in [5.41, 5.74) is 2.19. The molecule has 0 amide bonds. The van der Waals surface area contributed by atoms with Gasteiger partial charge < -0.3 is 37.9 Å². The van der Waals surface area contributed by atoms with E-state index in [0.29, 0.717) is 0 Å². The predicted molar refractivity (Wildman–Crippen MR) is 200 cm³/mol. The standard InChI is InChI=1S/C42H45NO13/c1-27(2)53-41(46)37(55-39(44)32-20-22-33(23-21-32)43(47)48)36(40(45)49-4)56-42-38(52-26-31-18-12-7-13-19-31)35(51-25-30-16-10-6-11-17-30)34(28(3)54-42)50-24-29-14-8-5-9-15-29/h5-23,27-28,34-38,42H,24-26H2,1-4H3/t28-,34+,35+,36+,37+,38-,42-/m0/s1. The molecular formula is C42H45NO13. The molecule has 14 nitrogen and oxygen atoms in total. The van der Waals surface area contributed by atoms with Gasteiger partial charge in [-0.25, -0.2) is 14.4 Å². The zero-order valence-corrected chi connectivity index (χ0v) is 31.5. The largest absolute Gasteiger partial charge is 0.467 e. The Morgan fingerprint density at radius 1 is 0.661 bits per heavy atom. The van der Waals surface area contributed by atoms with Crippen molar-refractivity contribution in [1.29, 1.82) is 0 Å². The van der Waals surface area contributed by atoms with Crippen LogP contribution in [-0.2, 0) is 67.3 Å². The van der Waals surface area contributed by atoms with Crippen LogP contribution in [0.5, 0.6) is 0 Å². The van der Waals surface area contributed by atoms with Crippen molar-refractivity contribution in [3.05, 3.63) is 148 Å². The molecule has 0 aromatic heterocycles. The molecule has 0 aliphatic carbocycles. The van der Waals surface area contributed by atoms with Gasteiger partial charge in [0, 0.05) is 12.1 Å². The van der Waals surface area contributed by atoms with E-state index < -0.39 is 71.8 Å². The molecule has 0 bridgehead atoms. The zero-order chi connectivity index (χ0) is 40.0. The lowest BCUT2D eigenvalue weighted by Crippen LogP contribution is -2.62. The number of methoxy groups -OCH3 is 1. The Morgan fingerprint density at radius 3 is 1.61 bits per heavy atom. The molecule has 56 heavy (non-hydrogen) atoms. The van der Waals surface area contributed by atoms with Gasteiger partial charge in [-0.05, 0) is 49.6 Å². The van der Waals surface area contributed by atoms with E-state index in [9.17, 15) is 24.5 Å². The van der Waals surface area contributed by atoms with Crippen molar-refractivity contribution >= 4 is 23.6 Å². The van der Waals surface area contributed by atoms with Crippen LogP contribution in [0, 0.1) is 10.1 Å². The molecule has 1 aliphatic rings. The Kier molecular flexibility index (Phi) is 15.2. The lowest BCUT2D eigenvalue weighted by atomic mass is 9.98. The number of rotatable bonds is 18. The monoisotopic (exact) mass is 771 g/mol. The number of nitro benzene ring substituents is 1. The fourth-order valence-corrected chi connectivity index (χ4v) is 5.92. The van der Waals surface area contributed by atoms with Crippen LogP contribution in [0.2, 0.25) is 0 Å². The van der Waals surface area contributed by atoms with Gasteiger partial charge >= 0.3 is 17.9 Å². The first-order chi connectivity index (χ1) is 27.0. The molecule has 0 saturated carbocycles. The number of carbonyl (C=O) groups excluding carboxylic acids is 3. The third-order valence-electron chi connectivity index (χ3n) is 8.70. The lowest BCUT2D eigenvalue weighted by molar-refractivity contribution is -0.384. The number of nitrogens with zero attached hydrogens (tertiary/aromatic N) is 1. The fraction of sp³-hybridized carbons (Fsp3) is 0.357. The van der Waals surface area contributed by atoms with Gasteiger partial charge in [0.15, 0.2) is 6.29 Å². The molecule has 0 unspecified atom stereocenters. The van der Waals surface area contributed by atoms with Crippen molar-refractivity contribution in [2.24, 2.45) is 0 Å². The minimum absolute atomic E-state index is 0.0660. The van der Waals surface area contributed by atoms with E-state index in [4.69, 9.17) is 37.9 Å². The summed E-state index contributed by atoms with van der Waals surface area (Å²) in [6, 6.07) is 32.9. The maximum Gasteiger partial charge on any atom is 0.351 e. The summed E-state index contributed by atoms with van der Waals surface area (Å²) in [7, 11) is 1.08. The third-order valence-corrected chi connectivity index (χ3v) is 8.70. The van der Waals surface area contributed by atoms with Crippen molar-refractivity contribution in [3.8, 4) is 0 Å². The lowest BCUT2D eigenvalue weighted by Gasteiger charge is -2.45. The Balaban J connectivity index is 1.51. The highest BCUT2D eigenvalue weighted by molar-refractivity contribution is 5.93. The molecule has 5 rings (SSSR count). The van der Waals surface area contributed by atoms with E-state index >= 15 is 0 Å². The Morgan fingerprint density at radius 2 is 1.14 bits per heavy atom. The summed E-state index contributed by atoms with van der Waals surface area (Å²) >= 11 is 0. The molecule has 1 aliphatic heterocycles. The molecule has 14 heteroatoms. The highest BCUT2D eigenvalue weighted by atomic mass is 16.7. The van der Waals surface area contributed by atoms with E-state index in [0.717, 1.165) is 48.1 Å². The molecule has 0 spiro atoms. The number of hydrogen-bond acceptors (Lipinski definition) is 13. The Hall–Kier alpha value is -5.51. The summed E-state index contributed by atoms with van der Waals surface area (Å²) in [5.74, 6) is -3.29. The van der Waals surface area contributed by atoms with Crippen molar-refractivity contribution < 1.29 is 57.2 Å². The number of non-ortho nitro benzene ring substituents is 1. The highest BCUT2D eigenvalue weighted by Gasteiger charge is 2.51. The summed E-state index contributed by atoms with van der Waals surface area (Å²) in [6.45, 7) is 5.34. The molecular weight excluding hydrogens is 726 g/mol. The van der Waals surface area contributed by atoms with Gasteiger partial charge in [0.2, 0.25) is 12.2 Å². The molecule has 296 valence electrons. The van der Waals surface area contributed by atoms with E-state index in [2.05, 4.69) is 0 Å². The molecule has 1 saturated heterocycles. The normalized spacial score (nSPS) is 20.4. The maximum absolute atomic E-state index is 13.6. The summed E-state index contributed by atoms with van der Waals surface area (Å²) in [5, 5.41) is 11.2. The highest BCUT2D eigenvalue weighted by Crippen LogP contribution is 2.32. The van der Waals surface area contributed by atoms with Gasteiger partial charge in [-0.1, -0.05) is 91.0 Å². The van der Waals surface area contributed by atoms with Gasteiger partial charge in [0.05, 0.1) is 49.6 Å². The fourth-order valence-electron chi connectivity index (χ4n) is 5.92. The average Bonchev–Trinajstić information content (AvgIpc) is 3.21. The van der Waals surface area contributed by atoms with Gasteiger partial charge in [-0.2, -0.15) is 0 Å². The van der Waals surface area contributed by atoms with Crippen LogP contribution in [0.1, 0.15) is 47.8 Å². The van der Waals surface area contributed by atoms with E-state index in [1.807, 2.05) is 91.0 Å². The average molecular weight is 772 g/mol. The second-order valence-corrected chi connectivity index (χ2v) is 13.2. The van der Waals surface area contributed by atoms with Crippen LogP contribution in [0.15, 0.2) is 115 Å². The molecule has 1 heterocycles. The first-order valence-electron chi connectivity index (χ1n) is 18.0. The third kappa shape index (κ3) is 11.5. The van der Waals surface area contributed by atoms with E-state index in [1.165, 1.54) is 0 Å². The number of hydrogen-bond donors (Lipinski definition) is 0. The molecule has 7 atom stereocenters. The molecule has 4 aromatic carbocycles. The van der Waals surface area contributed by atoms with Crippen LogP contribution >= 0.6 is 0 Å². The van der Waals surface area contributed by atoms with Crippen LogP contribution in [-0.4, -0.2) is 79.0 Å². The van der Waals surface area contributed by atoms with Crippen molar-refractivity contribution in [2.45, 2.75) is 89.6 Å². The molecule has 0 N–H and O–H groups in total. The van der Waals surface area contributed by atoms with Crippen LogP contribution in [0.4, 0.5) is 5.69 Å². The Labute approximate surface area is 324 Å². The molecule has 1 fully saturated rings. The number of carbonyl (C=O) groups is 3. The second kappa shape index (κ2) is 20.4. The topological polar surface area (TPSA) is 168 Å². The van der Waals surface area contributed by atoms with Crippen LogP contribution in [0.3, 0.4) is 0 Å². The van der Waals surface area contributed by atoms with Gasteiger partial charge in [0.1, 0.15) is 18.3 Å². The number of nitro groups is 1. The van der Waals surface area contributed by atoms with Crippen LogP contribution < -0.4 is 0 Å².